The predicted molar refractivity (Wildman–Crippen MR) is 79.7 cm³/mol. The third-order valence-corrected chi connectivity index (χ3v) is 5.27. The summed E-state index contributed by atoms with van der Waals surface area (Å²) in [4.78, 5) is 9.77. The van der Waals surface area contributed by atoms with Crippen LogP contribution in [-0.4, -0.2) is 61.1 Å². The van der Waals surface area contributed by atoms with Crippen LogP contribution in [-0.2, 0) is 6.42 Å². The average molecular weight is 280 g/mol. The van der Waals surface area contributed by atoms with Crippen LogP contribution in [0.25, 0.3) is 0 Å². The number of nitrogens with one attached hydrogen (secondary N) is 1. The molecule has 0 bridgehead atoms. The third kappa shape index (κ3) is 3.16. The summed E-state index contributed by atoms with van der Waals surface area (Å²) in [6, 6.07) is 1.13. The van der Waals surface area contributed by atoms with Crippen molar-refractivity contribution in [3.05, 3.63) is 16.1 Å². The topological polar surface area (TPSA) is 31.4 Å². The number of rotatable bonds is 3. The van der Waals surface area contributed by atoms with E-state index in [-0.39, 0.29) is 0 Å². The fourth-order valence-corrected chi connectivity index (χ4v) is 3.96. The molecule has 1 aromatic heterocycles. The molecule has 4 nitrogen and oxygen atoms in total. The maximum Gasteiger partial charge on any atom is 0.0945 e. The van der Waals surface area contributed by atoms with E-state index in [1.54, 1.807) is 0 Å². The Bertz CT molecular complexity index is 413. The lowest BCUT2D eigenvalue weighted by atomic mass is 10.1. The lowest BCUT2D eigenvalue weighted by Crippen LogP contribution is -2.50. The predicted octanol–water partition coefficient (Wildman–Crippen LogP) is 1.36. The second-order valence-corrected chi connectivity index (χ2v) is 6.86. The summed E-state index contributed by atoms with van der Waals surface area (Å²) in [5.74, 6) is 0. The number of hydrogen-bond donors (Lipinski definition) is 1. The number of hydrogen-bond acceptors (Lipinski definition) is 5. The van der Waals surface area contributed by atoms with Crippen LogP contribution >= 0.6 is 11.3 Å². The van der Waals surface area contributed by atoms with Crippen molar-refractivity contribution in [1.82, 2.24) is 20.1 Å². The Morgan fingerprint density at radius 2 is 2.32 bits per heavy atom. The first-order chi connectivity index (χ1) is 9.22. The second kappa shape index (κ2) is 5.87. The molecule has 0 radical (unpaired) electrons. The fraction of sp³-hybridized carbons (Fsp3) is 0.786. The summed E-state index contributed by atoms with van der Waals surface area (Å²) in [7, 11) is 4.46. The Kier molecular flexibility index (Phi) is 4.17. The molecule has 0 saturated carbocycles. The van der Waals surface area contributed by atoms with Crippen molar-refractivity contribution >= 4 is 11.3 Å². The van der Waals surface area contributed by atoms with Crippen molar-refractivity contribution in [2.45, 2.75) is 31.3 Å². The van der Waals surface area contributed by atoms with Gasteiger partial charge in [-0.2, -0.15) is 0 Å². The maximum absolute atomic E-state index is 4.86. The van der Waals surface area contributed by atoms with Gasteiger partial charge in [0, 0.05) is 37.5 Å². The molecule has 5 heteroatoms. The zero-order valence-electron chi connectivity index (χ0n) is 11.9. The van der Waals surface area contributed by atoms with Gasteiger partial charge >= 0.3 is 0 Å². The van der Waals surface area contributed by atoms with Gasteiger partial charge < -0.3 is 15.1 Å². The van der Waals surface area contributed by atoms with Gasteiger partial charge in [-0.15, -0.1) is 11.3 Å². The van der Waals surface area contributed by atoms with Crippen LogP contribution in [0, 0.1) is 0 Å². The molecule has 2 atom stereocenters. The largest absolute Gasteiger partial charge is 0.309 e. The third-order valence-electron chi connectivity index (χ3n) is 4.38. The van der Waals surface area contributed by atoms with E-state index in [0.29, 0.717) is 12.1 Å². The van der Waals surface area contributed by atoms with Gasteiger partial charge in [0.25, 0.3) is 0 Å². The first-order valence-electron chi connectivity index (χ1n) is 7.29. The molecule has 3 rings (SSSR count). The van der Waals surface area contributed by atoms with Crippen molar-refractivity contribution in [3.8, 4) is 0 Å². The van der Waals surface area contributed by atoms with E-state index >= 15 is 0 Å². The van der Waals surface area contributed by atoms with Gasteiger partial charge in [-0.3, -0.25) is 0 Å². The van der Waals surface area contributed by atoms with Crippen LogP contribution in [0.5, 0.6) is 0 Å². The van der Waals surface area contributed by atoms with Crippen LogP contribution in [0.4, 0.5) is 0 Å². The molecule has 0 aromatic carbocycles. The fourth-order valence-electron chi connectivity index (χ4n) is 3.04. The summed E-state index contributed by atoms with van der Waals surface area (Å²) in [6.45, 7) is 4.66. The minimum atomic E-state index is 0.511. The van der Waals surface area contributed by atoms with Gasteiger partial charge in [0.05, 0.1) is 16.7 Å². The van der Waals surface area contributed by atoms with E-state index in [1.807, 2.05) is 11.3 Å². The van der Waals surface area contributed by atoms with Crippen LogP contribution in [0.2, 0.25) is 0 Å². The summed E-state index contributed by atoms with van der Waals surface area (Å²) < 4.78 is 0. The first-order valence-corrected chi connectivity index (χ1v) is 8.17. The zero-order chi connectivity index (χ0) is 13.2. The Balaban J connectivity index is 1.62. The number of aromatic nitrogens is 1. The normalized spacial score (nSPS) is 30.0. The number of nitrogens with zero attached hydrogens (tertiary/aromatic N) is 3. The molecule has 2 saturated heterocycles. The van der Waals surface area contributed by atoms with Crippen LogP contribution in [0.3, 0.4) is 0 Å². The lowest BCUT2D eigenvalue weighted by molar-refractivity contribution is 0.114. The van der Waals surface area contributed by atoms with Crippen molar-refractivity contribution in [2.24, 2.45) is 0 Å². The molecule has 1 aromatic rings. The summed E-state index contributed by atoms with van der Waals surface area (Å²) in [6.07, 6.45) is 3.63. The molecular formula is C14H24N4S. The molecule has 19 heavy (non-hydrogen) atoms. The van der Waals surface area contributed by atoms with Gasteiger partial charge in [-0.25, -0.2) is 4.98 Å². The molecule has 2 fully saturated rings. The Morgan fingerprint density at radius 3 is 3.11 bits per heavy atom. The van der Waals surface area contributed by atoms with Crippen molar-refractivity contribution in [2.75, 3.05) is 40.3 Å². The molecule has 0 amide bonds. The van der Waals surface area contributed by atoms with Gasteiger partial charge in [-0.1, -0.05) is 0 Å². The highest BCUT2D eigenvalue weighted by atomic mass is 32.1. The molecular weight excluding hydrogens is 256 g/mol. The van der Waals surface area contributed by atoms with Crippen LogP contribution in [0.1, 0.15) is 29.6 Å². The molecule has 1 unspecified atom stereocenters. The highest BCUT2D eigenvalue weighted by Gasteiger charge is 2.24. The number of likely N-dealkylation sites (N-methyl/N-ethyl adjacent to an activating group) is 2. The SMILES string of the molecule is CN1CCN(C)C(Cc2nc([C@@H]3CCCN3)cs2)C1. The van der Waals surface area contributed by atoms with E-state index in [0.717, 1.165) is 19.5 Å². The summed E-state index contributed by atoms with van der Waals surface area (Å²) in [5.41, 5.74) is 1.27. The zero-order valence-corrected chi connectivity index (χ0v) is 12.7. The van der Waals surface area contributed by atoms with Crippen molar-refractivity contribution in [1.29, 1.82) is 0 Å². The molecule has 0 aliphatic carbocycles. The summed E-state index contributed by atoms with van der Waals surface area (Å²) >= 11 is 1.84. The first kappa shape index (κ1) is 13.5. The smallest absolute Gasteiger partial charge is 0.0945 e. The molecule has 1 N–H and O–H groups in total. The lowest BCUT2D eigenvalue weighted by Gasteiger charge is -2.37. The summed E-state index contributed by atoms with van der Waals surface area (Å²) in [5, 5.41) is 7.09. The maximum atomic E-state index is 4.86. The number of thiazole rings is 1. The van der Waals surface area contributed by atoms with Gasteiger partial charge in [0.1, 0.15) is 0 Å². The molecule has 0 spiro atoms. The minimum absolute atomic E-state index is 0.511. The molecule has 3 heterocycles. The second-order valence-electron chi connectivity index (χ2n) is 5.92. The van der Waals surface area contributed by atoms with Gasteiger partial charge in [0.15, 0.2) is 0 Å². The highest BCUT2D eigenvalue weighted by Crippen LogP contribution is 2.25. The van der Waals surface area contributed by atoms with Crippen LogP contribution in [0.15, 0.2) is 5.38 Å². The molecule has 2 aliphatic rings. The number of piperazine rings is 1. The Morgan fingerprint density at radius 1 is 1.42 bits per heavy atom. The van der Waals surface area contributed by atoms with E-state index in [2.05, 4.69) is 34.6 Å². The quantitative estimate of drug-likeness (QED) is 0.906. The van der Waals surface area contributed by atoms with E-state index < -0.39 is 0 Å². The average Bonchev–Trinajstić information content (AvgIpc) is 3.04. The van der Waals surface area contributed by atoms with Crippen molar-refractivity contribution < 1.29 is 0 Å². The Hall–Kier alpha value is -0.490. The van der Waals surface area contributed by atoms with E-state index in [1.165, 1.54) is 36.6 Å². The monoisotopic (exact) mass is 280 g/mol. The van der Waals surface area contributed by atoms with Gasteiger partial charge in [0.2, 0.25) is 0 Å². The molecule has 106 valence electrons. The van der Waals surface area contributed by atoms with Crippen LogP contribution < -0.4 is 5.32 Å². The Labute approximate surface area is 119 Å². The van der Waals surface area contributed by atoms with Crippen molar-refractivity contribution in [3.63, 3.8) is 0 Å². The highest BCUT2D eigenvalue weighted by molar-refractivity contribution is 7.09. The molecule has 2 aliphatic heterocycles. The minimum Gasteiger partial charge on any atom is -0.309 e. The standard InChI is InChI=1S/C14H24N4S/c1-17-6-7-18(2)11(9-17)8-14-16-13(10-19-14)12-4-3-5-15-12/h10-12,15H,3-9H2,1-2H3/t11?,12-/m0/s1. The van der Waals surface area contributed by atoms with E-state index in [9.17, 15) is 0 Å². The van der Waals surface area contributed by atoms with Gasteiger partial charge in [-0.05, 0) is 33.5 Å². The van der Waals surface area contributed by atoms with E-state index in [4.69, 9.17) is 4.98 Å².